The van der Waals surface area contributed by atoms with Crippen molar-refractivity contribution in [2.24, 2.45) is 5.84 Å². The van der Waals surface area contributed by atoms with Crippen molar-refractivity contribution in [1.82, 2.24) is 15.9 Å². The second-order valence-corrected chi connectivity index (χ2v) is 7.93. The van der Waals surface area contributed by atoms with Gasteiger partial charge in [-0.3, -0.25) is 5.32 Å². The van der Waals surface area contributed by atoms with Crippen LogP contribution in [-0.2, 0) is 0 Å². The van der Waals surface area contributed by atoms with E-state index in [1.807, 2.05) is 12.1 Å². The molecule has 0 amide bonds. The molecule has 2 atom stereocenters. The maximum absolute atomic E-state index is 5.98. The third kappa shape index (κ3) is 4.50. The van der Waals surface area contributed by atoms with Gasteiger partial charge in [-0.25, -0.2) is 5.84 Å². The molecule has 0 spiro atoms. The largest absolute Gasteiger partial charge is 0.307 e. The summed E-state index contributed by atoms with van der Waals surface area (Å²) in [5, 5.41) is 7.99. The van der Waals surface area contributed by atoms with Gasteiger partial charge in [0.05, 0.1) is 11.9 Å². The highest BCUT2D eigenvalue weighted by atomic mass is 35.5. The third-order valence-corrected chi connectivity index (χ3v) is 6.08. The summed E-state index contributed by atoms with van der Waals surface area (Å²) in [7, 11) is 0. The second kappa shape index (κ2) is 7.70. The number of thiophene rings is 1. The van der Waals surface area contributed by atoms with E-state index < -0.39 is 0 Å². The van der Waals surface area contributed by atoms with Gasteiger partial charge in [0.25, 0.3) is 0 Å². The van der Waals surface area contributed by atoms with E-state index in [0.29, 0.717) is 6.67 Å². The first-order chi connectivity index (χ1) is 11.1. The Morgan fingerprint density at radius 2 is 2.17 bits per heavy atom. The minimum Gasteiger partial charge on any atom is -0.307 e. The first-order valence-electron chi connectivity index (χ1n) is 7.31. The highest BCUT2D eigenvalue weighted by Gasteiger charge is 2.20. The summed E-state index contributed by atoms with van der Waals surface area (Å²) in [5.74, 6) is 5.85. The average molecular weight is 367 g/mol. The molecule has 3 rings (SSSR count). The average Bonchev–Trinajstić information content (AvgIpc) is 3.06. The lowest BCUT2D eigenvalue weighted by Gasteiger charge is -2.32. The quantitative estimate of drug-likeness (QED) is 0.568. The van der Waals surface area contributed by atoms with Crippen LogP contribution < -0.4 is 16.6 Å². The highest BCUT2D eigenvalue weighted by molar-refractivity contribution is 7.99. The number of hydrazine groups is 2. The predicted molar refractivity (Wildman–Crippen MR) is 99.1 cm³/mol. The first-order valence-corrected chi connectivity index (χ1v) is 9.45. The van der Waals surface area contributed by atoms with Gasteiger partial charge in [-0.1, -0.05) is 17.7 Å². The maximum atomic E-state index is 5.98. The number of nitrogens with two attached hydrogens (primary N) is 1. The molecule has 2 unspecified atom stereocenters. The Morgan fingerprint density at radius 3 is 2.87 bits per heavy atom. The molecule has 0 saturated carbocycles. The number of hydrogen-bond acceptors (Lipinski definition) is 6. The van der Waals surface area contributed by atoms with Gasteiger partial charge in [-0.2, -0.15) is 0 Å². The van der Waals surface area contributed by atoms with E-state index in [0.717, 1.165) is 10.7 Å². The zero-order valence-electron chi connectivity index (χ0n) is 12.7. The van der Waals surface area contributed by atoms with Crippen molar-refractivity contribution in [2.75, 3.05) is 6.67 Å². The molecule has 122 valence electrons. The van der Waals surface area contributed by atoms with E-state index in [4.69, 9.17) is 17.4 Å². The van der Waals surface area contributed by atoms with Crippen LogP contribution in [0.4, 0.5) is 0 Å². The lowest BCUT2D eigenvalue weighted by molar-refractivity contribution is 0.154. The normalized spacial score (nSPS) is 22.0. The number of halogens is 1. The van der Waals surface area contributed by atoms with Crippen LogP contribution in [0.2, 0.25) is 5.02 Å². The smallest absolute Gasteiger partial charge is 0.0833 e. The van der Waals surface area contributed by atoms with Gasteiger partial charge < -0.3 is 5.43 Å². The van der Waals surface area contributed by atoms with E-state index in [2.05, 4.69) is 53.4 Å². The van der Waals surface area contributed by atoms with Crippen LogP contribution in [0, 0.1) is 0 Å². The van der Waals surface area contributed by atoms with Crippen molar-refractivity contribution in [1.29, 1.82) is 0 Å². The Bertz CT molecular complexity index is 657. The molecule has 4 N–H and O–H groups in total. The third-order valence-electron chi connectivity index (χ3n) is 3.54. The number of benzene rings is 1. The maximum Gasteiger partial charge on any atom is 0.0833 e. The Balaban J connectivity index is 1.85. The minimum atomic E-state index is 0.217. The molecule has 0 radical (unpaired) electrons. The zero-order valence-corrected chi connectivity index (χ0v) is 15.1. The Morgan fingerprint density at radius 1 is 1.39 bits per heavy atom. The van der Waals surface area contributed by atoms with Crippen LogP contribution >= 0.6 is 34.7 Å². The fourth-order valence-corrected chi connectivity index (χ4v) is 4.39. The van der Waals surface area contributed by atoms with Crippen molar-refractivity contribution in [3.8, 4) is 0 Å². The highest BCUT2D eigenvalue weighted by Crippen LogP contribution is 2.39. The van der Waals surface area contributed by atoms with Crippen LogP contribution in [0.3, 0.4) is 0 Å². The van der Waals surface area contributed by atoms with Crippen molar-refractivity contribution in [3.05, 3.63) is 63.5 Å². The molecule has 1 aromatic heterocycles. The summed E-state index contributed by atoms with van der Waals surface area (Å²) >= 11 is 9.54. The van der Waals surface area contributed by atoms with Gasteiger partial charge in [0.15, 0.2) is 0 Å². The minimum absolute atomic E-state index is 0.217. The van der Waals surface area contributed by atoms with Crippen LogP contribution in [0.15, 0.2) is 58.4 Å². The van der Waals surface area contributed by atoms with E-state index >= 15 is 0 Å². The van der Waals surface area contributed by atoms with E-state index in [1.54, 1.807) is 28.2 Å². The molecule has 7 heteroatoms. The van der Waals surface area contributed by atoms with Crippen molar-refractivity contribution >= 4 is 34.7 Å². The second-order valence-electron chi connectivity index (χ2n) is 5.30. The van der Waals surface area contributed by atoms with Crippen LogP contribution in [-0.4, -0.2) is 17.8 Å². The summed E-state index contributed by atoms with van der Waals surface area (Å²) in [5.41, 5.74) is 4.32. The monoisotopic (exact) mass is 366 g/mol. The van der Waals surface area contributed by atoms with Gasteiger partial charge in [-0.05, 0) is 48.7 Å². The predicted octanol–water partition coefficient (Wildman–Crippen LogP) is 3.75. The Labute approximate surface area is 149 Å². The molecule has 0 aliphatic carbocycles. The molecule has 1 fully saturated rings. The Hall–Kier alpha value is -1.02. The fraction of sp³-hybridized carbons (Fsp3) is 0.250. The van der Waals surface area contributed by atoms with Gasteiger partial charge in [0.1, 0.15) is 0 Å². The summed E-state index contributed by atoms with van der Waals surface area (Å²) in [6.07, 6.45) is 2.24. The van der Waals surface area contributed by atoms with Gasteiger partial charge in [-0.15, -0.1) is 28.2 Å². The topological polar surface area (TPSA) is 53.3 Å². The molecule has 1 saturated heterocycles. The standard InChI is InChI=1S/C16H19ClN4S2/c1-11-14(20-21(18)10-19-11)9-16(15-3-2-8-22-15)23-13-6-4-12(17)5-7-13/h2-9,11,16,19-20H,10,18H2,1H3/b14-9+. The SMILES string of the molecule is CC1NCN(N)N/C1=C/C(Sc1ccc(Cl)cc1)c1cccs1. The van der Waals surface area contributed by atoms with E-state index in [9.17, 15) is 0 Å². The van der Waals surface area contributed by atoms with Crippen molar-refractivity contribution < 1.29 is 0 Å². The molecule has 2 heterocycles. The molecule has 1 aliphatic heterocycles. The molecule has 2 aromatic rings. The molecule has 4 nitrogen and oxygen atoms in total. The molecular weight excluding hydrogens is 348 g/mol. The number of nitrogens with one attached hydrogen (secondary N) is 2. The summed E-state index contributed by atoms with van der Waals surface area (Å²) < 4.78 is 0. The van der Waals surface area contributed by atoms with Crippen LogP contribution in [0.25, 0.3) is 0 Å². The van der Waals surface area contributed by atoms with E-state index in [-0.39, 0.29) is 11.3 Å². The molecule has 1 aromatic carbocycles. The van der Waals surface area contributed by atoms with E-state index in [1.165, 1.54) is 9.77 Å². The number of hydrogen-bond donors (Lipinski definition) is 3. The summed E-state index contributed by atoms with van der Waals surface area (Å²) in [6, 6.07) is 12.4. The van der Waals surface area contributed by atoms with Gasteiger partial charge in [0, 0.05) is 26.5 Å². The van der Waals surface area contributed by atoms with Crippen molar-refractivity contribution in [2.45, 2.75) is 23.1 Å². The van der Waals surface area contributed by atoms with Gasteiger partial charge in [0.2, 0.25) is 0 Å². The first kappa shape index (κ1) is 16.8. The molecule has 1 aliphatic rings. The molecular formula is C16H19ClN4S2. The summed E-state index contributed by atoms with van der Waals surface area (Å²) in [6.45, 7) is 2.75. The lowest BCUT2D eigenvalue weighted by Crippen LogP contribution is -2.58. The molecule has 0 bridgehead atoms. The van der Waals surface area contributed by atoms with Crippen LogP contribution in [0.5, 0.6) is 0 Å². The summed E-state index contributed by atoms with van der Waals surface area (Å²) in [4.78, 5) is 2.49. The van der Waals surface area contributed by atoms with Crippen LogP contribution in [0.1, 0.15) is 17.1 Å². The number of thioether (sulfide) groups is 1. The lowest BCUT2D eigenvalue weighted by atomic mass is 10.2. The Kier molecular flexibility index (Phi) is 5.63. The number of nitrogens with zero attached hydrogens (tertiary/aromatic N) is 1. The molecule has 23 heavy (non-hydrogen) atoms. The van der Waals surface area contributed by atoms with Crippen molar-refractivity contribution in [3.63, 3.8) is 0 Å². The number of rotatable bonds is 4. The zero-order chi connectivity index (χ0) is 16.2. The fourth-order valence-electron chi connectivity index (χ4n) is 2.28. The van der Waals surface area contributed by atoms with Gasteiger partial charge >= 0.3 is 0 Å².